The van der Waals surface area contributed by atoms with Gasteiger partial charge in [-0.3, -0.25) is 5.41 Å². The predicted molar refractivity (Wildman–Crippen MR) is 52.2 cm³/mol. The van der Waals surface area contributed by atoms with Crippen LogP contribution in [-0.4, -0.2) is 25.2 Å². The highest BCUT2D eigenvalue weighted by molar-refractivity contribution is 5.82. The van der Waals surface area contributed by atoms with Crippen LogP contribution in [0.5, 0.6) is 0 Å². The van der Waals surface area contributed by atoms with Gasteiger partial charge in [0.05, 0.1) is 6.61 Å². The lowest BCUT2D eigenvalue weighted by atomic mass is 9.84. The fourth-order valence-corrected chi connectivity index (χ4v) is 1.92. The van der Waals surface area contributed by atoms with E-state index in [0.717, 1.165) is 25.7 Å². The summed E-state index contributed by atoms with van der Waals surface area (Å²) in [5.74, 6) is 0.317. The first kappa shape index (κ1) is 10.5. The fourth-order valence-electron chi connectivity index (χ4n) is 1.92. The lowest BCUT2D eigenvalue weighted by molar-refractivity contribution is -0.00135. The molecule has 0 aromatic rings. The molecule has 0 amide bonds. The molecule has 0 unspecified atom stereocenters. The first-order valence-electron chi connectivity index (χ1n) is 5.02. The van der Waals surface area contributed by atoms with Crippen molar-refractivity contribution in [3.8, 4) is 0 Å². The Labute approximate surface area is 79.9 Å². The highest BCUT2D eigenvalue weighted by atomic mass is 16.5. The van der Waals surface area contributed by atoms with Crippen molar-refractivity contribution in [3.05, 3.63) is 0 Å². The summed E-state index contributed by atoms with van der Waals surface area (Å²) in [6.45, 7) is 2.46. The molecule has 0 aromatic carbocycles. The van der Waals surface area contributed by atoms with E-state index in [1.54, 1.807) is 7.11 Å². The third-order valence-electron chi connectivity index (χ3n) is 2.75. The van der Waals surface area contributed by atoms with Crippen LogP contribution in [0, 0.1) is 5.41 Å². The van der Waals surface area contributed by atoms with Gasteiger partial charge in [-0.25, -0.2) is 0 Å². The Hall–Kier alpha value is -0.570. The molecule has 1 aliphatic carbocycles. The third kappa shape index (κ3) is 2.21. The topological polar surface area (TPSA) is 42.3 Å². The van der Waals surface area contributed by atoms with Gasteiger partial charge in [0.2, 0.25) is 5.90 Å². The van der Waals surface area contributed by atoms with Crippen LogP contribution in [0.15, 0.2) is 0 Å². The molecule has 1 saturated carbocycles. The molecule has 0 radical (unpaired) electrons. The van der Waals surface area contributed by atoms with Crippen LogP contribution in [0.2, 0.25) is 0 Å². The molecule has 0 heterocycles. The summed E-state index contributed by atoms with van der Waals surface area (Å²) in [7, 11) is 1.68. The molecular weight excluding hydrogens is 166 g/mol. The van der Waals surface area contributed by atoms with E-state index < -0.39 is 5.60 Å². The van der Waals surface area contributed by atoms with Gasteiger partial charge in [-0.15, -0.1) is 0 Å². The van der Waals surface area contributed by atoms with Crippen LogP contribution in [0.4, 0.5) is 0 Å². The maximum atomic E-state index is 7.78. The summed E-state index contributed by atoms with van der Waals surface area (Å²) in [6, 6.07) is 0. The Morgan fingerprint density at radius 3 is 2.38 bits per heavy atom. The molecule has 1 fully saturated rings. The van der Waals surface area contributed by atoms with Gasteiger partial charge in [0.15, 0.2) is 0 Å². The second-order valence-corrected chi connectivity index (χ2v) is 3.52. The molecule has 0 spiro atoms. The van der Waals surface area contributed by atoms with Crippen LogP contribution in [0.1, 0.15) is 39.0 Å². The molecular formula is C10H19NO2. The Balaban J connectivity index is 2.61. The van der Waals surface area contributed by atoms with E-state index >= 15 is 0 Å². The second-order valence-electron chi connectivity index (χ2n) is 3.52. The molecule has 0 atom stereocenters. The number of hydrogen-bond acceptors (Lipinski definition) is 3. The molecule has 0 bridgehead atoms. The zero-order valence-corrected chi connectivity index (χ0v) is 8.56. The molecule has 0 aromatic heterocycles. The van der Waals surface area contributed by atoms with Crippen LogP contribution in [0.3, 0.4) is 0 Å². The van der Waals surface area contributed by atoms with Crippen LogP contribution in [0.25, 0.3) is 0 Å². The normalized spacial score (nSPS) is 21.1. The minimum Gasteiger partial charge on any atom is -0.479 e. The highest BCUT2D eigenvalue weighted by Gasteiger charge is 2.37. The van der Waals surface area contributed by atoms with E-state index in [1.807, 2.05) is 6.92 Å². The zero-order chi connectivity index (χ0) is 9.73. The van der Waals surface area contributed by atoms with Gasteiger partial charge in [-0.1, -0.05) is 19.3 Å². The summed E-state index contributed by atoms with van der Waals surface area (Å²) in [5.41, 5.74) is -0.408. The minimum atomic E-state index is -0.408. The Kier molecular flexibility index (Phi) is 3.72. The van der Waals surface area contributed by atoms with Crippen molar-refractivity contribution < 1.29 is 9.47 Å². The quantitative estimate of drug-likeness (QED) is 0.541. The van der Waals surface area contributed by atoms with E-state index in [4.69, 9.17) is 14.9 Å². The molecule has 0 saturated heterocycles. The third-order valence-corrected chi connectivity index (χ3v) is 2.75. The first-order chi connectivity index (χ1) is 6.25. The van der Waals surface area contributed by atoms with Crippen LogP contribution < -0.4 is 0 Å². The van der Waals surface area contributed by atoms with Crippen molar-refractivity contribution in [2.24, 2.45) is 0 Å². The smallest absolute Gasteiger partial charge is 0.213 e. The molecule has 13 heavy (non-hydrogen) atoms. The summed E-state index contributed by atoms with van der Waals surface area (Å²) in [6.07, 6.45) is 5.40. The molecule has 1 aliphatic rings. The average molecular weight is 185 g/mol. The Morgan fingerprint density at radius 1 is 1.31 bits per heavy atom. The van der Waals surface area contributed by atoms with Crippen molar-refractivity contribution in [1.29, 1.82) is 5.41 Å². The van der Waals surface area contributed by atoms with E-state index in [1.165, 1.54) is 6.42 Å². The predicted octanol–water partition coefficient (Wildman–Crippen LogP) is 2.35. The fraction of sp³-hybridized carbons (Fsp3) is 0.900. The van der Waals surface area contributed by atoms with Crippen molar-refractivity contribution in [1.82, 2.24) is 0 Å². The average Bonchev–Trinajstić information content (AvgIpc) is 2.19. The Bertz CT molecular complexity index is 174. The van der Waals surface area contributed by atoms with Gasteiger partial charge in [-0.05, 0) is 19.8 Å². The molecule has 3 nitrogen and oxygen atoms in total. The van der Waals surface area contributed by atoms with Gasteiger partial charge in [0.25, 0.3) is 0 Å². The Morgan fingerprint density at radius 2 is 1.92 bits per heavy atom. The van der Waals surface area contributed by atoms with Crippen molar-refractivity contribution in [3.63, 3.8) is 0 Å². The monoisotopic (exact) mass is 185 g/mol. The number of methoxy groups -OCH3 is 1. The van der Waals surface area contributed by atoms with Gasteiger partial charge >= 0.3 is 0 Å². The van der Waals surface area contributed by atoms with Crippen molar-refractivity contribution in [2.75, 3.05) is 13.7 Å². The highest BCUT2D eigenvalue weighted by Crippen LogP contribution is 2.32. The second kappa shape index (κ2) is 4.61. The SMILES string of the molecule is CCOC(=N)C1(OC)CCCCC1. The lowest BCUT2D eigenvalue weighted by Gasteiger charge is -2.35. The maximum absolute atomic E-state index is 7.78. The molecule has 3 heteroatoms. The summed E-state index contributed by atoms with van der Waals surface area (Å²) in [5, 5.41) is 7.78. The number of ether oxygens (including phenoxy) is 2. The van der Waals surface area contributed by atoms with Crippen LogP contribution in [-0.2, 0) is 9.47 Å². The zero-order valence-electron chi connectivity index (χ0n) is 8.56. The largest absolute Gasteiger partial charge is 0.479 e. The van der Waals surface area contributed by atoms with Gasteiger partial charge in [-0.2, -0.15) is 0 Å². The van der Waals surface area contributed by atoms with Gasteiger partial charge < -0.3 is 9.47 Å². The minimum absolute atomic E-state index is 0.317. The molecule has 0 aliphatic heterocycles. The van der Waals surface area contributed by atoms with E-state index in [0.29, 0.717) is 12.5 Å². The van der Waals surface area contributed by atoms with Gasteiger partial charge in [0, 0.05) is 7.11 Å². The van der Waals surface area contributed by atoms with Crippen molar-refractivity contribution in [2.45, 2.75) is 44.6 Å². The van der Waals surface area contributed by atoms with Crippen molar-refractivity contribution >= 4 is 5.90 Å². The molecule has 1 rings (SSSR count). The standard InChI is InChI=1S/C10H19NO2/c1-3-13-9(11)10(12-2)7-5-4-6-8-10/h11H,3-8H2,1-2H3. The summed E-state index contributed by atoms with van der Waals surface area (Å²) >= 11 is 0. The maximum Gasteiger partial charge on any atom is 0.213 e. The first-order valence-corrected chi connectivity index (χ1v) is 5.02. The number of hydrogen-bond donors (Lipinski definition) is 1. The van der Waals surface area contributed by atoms with E-state index in [-0.39, 0.29) is 0 Å². The number of nitrogens with one attached hydrogen (secondary N) is 1. The van der Waals surface area contributed by atoms with Gasteiger partial charge in [0.1, 0.15) is 5.60 Å². The number of rotatable bonds is 3. The summed E-state index contributed by atoms with van der Waals surface area (Å²) < 4.78 is 10.7. The van der Waals surface area contributed by atoms with E-state index in [9.17, 15) is 0 Å². The summed E-state index contributed by atoms with van der Waals surface area (Å²) in [4.78, 5) is 0. The molecule has 76 valence electrons. The molecule has 1 N–H and O–H groups in total. The lowest BCUT2D eigenvalue weighted by Crippen LogP contribution is -2.43. The van der Waals surface area contributed by atoms with Crippen LogP contribution >= 0.6 is 0 Å². The van der Waals surface area contributed by atoms with E-state index in [2.05, 4.69) is 0 Å².